The quantitative estimate of drug-likeness (QED) is 0.200. The van der Waals surface area contributed by atoms with E-state index in [1.165, 1.54) is 11.0 Å². The Kier molecular flexibility index (Phi) is 12.2. The van der Waals surface area contributed by atoms with Gasteiger partial charge in [0.15, 0.2) is 5.82 Å². The summed E-state index contributed by atoms with van der Waals surface area (Å²) in [5, 5.41) is 11.9. The number of rotatable bonds is 10. The lowest BCUT2D eigenvalue weighted by Crippen LogP contribution is -2.55. The number of anilines is 4. The number of hydrogen-bond acceptors (Lipinski definition) is 11. The SMILES string of the molecule is O=C1CCC(Nc2ccc(N3CCC(N4CCC(C(=O)NC5CCC(Nc6ncc(F)c(-c7cccc(N8CCCOC8=O)c7)n6)CC5)CC4)C(F)C3)c(F)c2)C(=O)N1. The molecule has 3 unspecified atom stereocenters. The van der Waals surface area contributed by atoms with Gasteiger partial charge in [-0.05, 0) is 101 Å². The van der Waals surface area contributed by atoms with Gasteiger partial charge < -0.3 is 25.6 Å². The number of likely N-dealkylation sites (tertiary alicyclic amines) is 1. The molecule has 59 heavy (non-hydrogen) atoms. The second-order valence-corrected chi connectivity index (χ2v) is 16.2. The fourth-order valence-corrected chi connectivity index (χ4v) is 9.03. The Morgan fingerprint density at radius 2 is 1.66 bits per heavy atom. The van der Waals surface area contributed by atoms with E-state index in [0.717, 1.165) is 31.9 Å². The number of nitrogens with one attached hydrogen (secondary N) is 4. The lowest BCUT2D eigenvalue weighted by Gasteiger charge is -2.44. The van der Waals surface area contributed by atoms with E-state index in [2.05, 4.69) is 36.1 Å². The summed E-state index contributed by atoms with van der Waals surface area (Å²) >= 11 is 0. The van der Waals surface area contributed by atoms with E-state index in [4.69, 9.17) is 4.74 Å². The molecule has 5 aliphatic rings. The van der Waals surface area contributed by atoms with E-state index in [1.807, 2.05) is 0 Å². The lowest BCUT2D eigenvalue weighted by molar-refractivity contribution is -0.133. The van der Waals surface area contributed by atoms with Crippen molar-refractivity contribution >= 4 is 46.8 Å². The van der Waals surface area contributed by atoms with Crippen LogP contribution in [0.3, 0.4) is 0 Å². The summed E-state index contributed by atoms with van der Waals surface area (Å²) in [5.41, 5.74) is 1.99. The summed E-state index contributed by atoms with van der Waals surface area (Å²) < 4.78 is 51.0. The Bertz CT molecular complexity index is 2040. The fourth-order valence-electron chi connectivity index (χ4n) is 9.03. The van der Waals surface area contributed by atoms with Crippen molar-refractivity contribution in [3.63, 3.8) is 0 Å². The Morgan fingerprint density at radius 1 is 0.864 bits per heavy atom. The summed E-state index contributed by atoms with van der Waals surface area (Å²) in [5.74, 6) is -1.64. The van der Waals surface area contributed by atoms with Gasteiger partial charge in [-0.2, -0.15) is 0 Å². The third kappa shape index (κ3) is 9.40. The van der Waals surface area contributed by atoms with Crippen molar-refractivity contribution in [3.05, 3.63) is 60.3 Å². The minimum absolute atomic E-state index is 0.0326. The van der Waals surface area contributed by atoms with Crippen molar-refractivity contribution in [3.8, 4) is 11.3 Å². The summed E-state index contributed by atoms with van der Waals surface area (Å²) in [4.78, 5) is 63.2. The van der Waals surface area contributed by atoms with E-state index in [-0.39, 0.29) is 54.5 Å². The first-order valence-corrected chi connectivity index (χ1v) is 20.7. The number of cyclic esters (lactones) is 1. The van der Waals surface area contributed by atoms with Crippen molar-refractivity contribution in [1.29, 1.82) is 0 Å². The number of carbonyl (C=O) groups excluding carboxylic acids is 4. The van der Waals surface area contributed by atoms with Gasteiger partial charge in [0.2, 0.25) is 23.7 Å². The molecule has 4 amide bonds. The van der Waals surface area contributed by atoms with Gasteiger partial charge in [0.25, 0.3) is 0 Å². The smallest absolute Gasteiger partial charge is 0.414 e. The molecule has 3 atom stereocenters. The van der Waals surface area contributed by atoms with Crippen LogP contribution < -0.4 is 31.1 Å². The molecule has 0 spiro atoms. The highest BCUT2D eigenvalue weighted by molar-refractivity contribution is 6.01. The van der Waals surface area contributed by atoms with E-state index >= 15 is 8.78 Å². The molecule has 4 aliphatic heterocycles. The molecule has 0 radical (unpaired) electrons. The zero-order chi connectivity index (χ0) is 41.0. The van der Waals surface area contributed by atoms with Gasteiger partial charge in [-0.3, -0.25) is 29.5 Å². The molecule has 5 fully saturated rings. The second-order valence-electron chi connectivity index (χ2n) is 16.2. The number of imide groups is 1. The maximum absolute atomic E-state index is 15.7. The first-order chi connectivity index (χ1) is 28.6. The largest absolute Gasteiger partial charge is 0.449 e. The second kappa shape index (κ2) is 17.8. The first kappa shape index (κ1) is 40.3. The Hall–Kier alpha value is -5.45. The van der Waals surface area contributed by atoms with Crippen LogP contribution in [0.5, 0.6) is 0 Å². The number of hydrogen-bond donors (Lipinski definition) is 4. The molecule has 4 saturated heterocycles. The molecule has 2 aromatic carbocycles. The normalized spacial score (nSPS) is 25.9. The monoisotopic (exact) mass is 817 g/mol. The van der Waals surface area contributed by atoms with Crippen LogP contribution >= 0.6 is 0 Å². The Morgan fingerprint density at radius 3 is 2.41 bits per heavy atom. The van der Waals surface area contributed by atoms with Gasteiger partial charge in [-0.1, -0.05) is 12.1 Å². The first-order valence-electron chi connectivity index (χ1n) is 20.7. The van der Waals surface area contributed by atoms with Gasteiger partial charge >= 0.3 is 6.09 Å². The molecule has 1 aromatic heterocycles. The van der Waals surface area contributed by atoms with Crippen LogP contribution in [-0.2, 0) is 19.1 Å². The third-order valence-electron chi connectivity index (χ3n) is 12.3. The minimum Gasteiger partial charge on any atom is -0.449 e. The third-order valence-corrected chi connectivity index (χ3v) is 12.3. The van der Waals surface area contributed by atoms with Crippen LogP contribution in [0.25, 0.3) is 11.3 Å². The van der Waals surface area contributed by atoms with Crippen LogP contribution in [-0.4, -0.2) is 108 Å². The fraction of sp³-hybridized carbons (Fsp3) is 0.524. The van der Waals surface area contributed by atoms with E-state index in [1.54, 1.807) is 41.3 Å². The average molecular weight is 818 g/mol. The number of carbonyl (C=O) groups is 4. The maximum atomic E-state index is 15.7. The van der Waals surface area contributed by atoms with E-state index in [0.29, 0.717) is 93.5 Å². The Labute approximate surface area is 340 Å². The number of ether oxygens (including phenoxy) is 1. The highest BCUT2D eigenvalue weighted by atomic mass is 19.1. The molecule has 8 rings (SSSR count). The number of halogens is 3. The molecule has 3 aromatic rings. The van der Waals surface area contributed by atoms with Gasteiger partial charge in [0.1, 0.15) is 23.7 Å². The van der Waals surface area contributed by atoms with Gasteiger partial charge in [0.05, 0.1) is 25.0 Å². The van der Waals surface area contributed by atoms with Crippen LogP contribution in [0.4, 0.5) is 41.0 Å². The van der Waals surface area contributed by atoms with Gasteiger partial charge in [-0.15, -0.1) is 0 Å². The maximum Gasteiger partial charge on any atom is 0.414 e. The Balaban J connectivity index is 0.766. The standard InChI is InChI=1S/C42H50F3N9O5/c43-31-22-29(47-34-10-12-37(55)50-40(34)57)9-11-35(31)53-19-15-36(33(45)24-53)52-17-13-25(14-18-52)39(56)48-27-5-7-28(8-6-27)49-41-46-23-32(44)38(51-41)26-3-1-4-30(21-26)54-16-2-20-59-42(54)58/h1,3-4,9,11,21-23,25,27-28,33-34,36,47H,2,5-8,10,12-20,24H2,(H,48,56)(H,46,49,51)(H,50,55,57). The predicted molar refractivity (Wildman–Crippen MR) is 215 cm³/mol. The van der Waals surface area contributed by atoms with Crippen LogP contribution in [0, 0.1) is 17.6 Å². The molecule has 14 nitrogen and oxygen atoms in total. The molecule has 0 bridgehead atoms. The number of piperidine rings is 3. The van der Waals surface area contributed by atoms with Crippen LogP contribution in [0.1, 0.15) is 64.2 Å². The highest BCUT2D eigenvalue weighted by Gasteiger charge is 2.38. The van der Waals surface area contributed by atoms with E-state index < -0.39 is 35.8 Å². The summed E-state index contributed by atoms with van der Waals surface area (Å²) in [6.45, 7) is 2.67. The van der Waals surface area contributed by atoms with Gasteiger partial charge in [-0.25, -0.2) is 27.9 Å². The average Bonchev–Trinajstić information content (AvgIpc) is 3.23. The summed E-state index contributed by atoms with van der Waals surface area (Å²) in [7, 11) is 0. The topological polar surface area (TPSA) is 161 Å². The number of alkyl halides is 1. The van der Waals surface area contributed by atoms with Crippen molar-refractivity contribution in [2.75, 3.05) is 59.8 Å². The molecule has 1 aliphatic carbocycles. The molecule has 314 valence electrons. The number of aromatic nitrogens is 2. The van der Waals surface area contributed by atoms with Crippen molar-refractivity contribution in [2.45, 2.75) is 94.5 Å². The zero-order valence-electron chi connectivity index (χ0n) is 32.8. The molecular formula is C42H50F3N9O5. The molecular weight excluding hydrogens is 768 g/mol. The lowest BCUT2D eigenvalue weighted by atomic mass is 9.89. The number of nitrogens with zero attached hydrogens (tertiary/aromatic N) is 5. The predicted octanol–water partition coefficient (Wildman–Crippen LogP) is 5.15. The molecule has 4 N–H and O–H groups in total. The van der Waals surface area contributed by atoms with Crippen LogP contribution in [0.2, 0.25) is 0 Å². The minimum atomic E-state index is -1.19. The van der Waals surface area contributed by atoms with Crippen molar-refractivity contribution in [2.24, 2.45) is 5.92 Å². The molecule has 5 heterocycles. The number of benzene rings is 2. The van der Waals surface area contributed by atoms with E-state index in [9.17, 15) is 23.6 Å². The van der Waals surface area contributed by atoms with Crippen molar-refractivity contribution in [1.82, 2.24) is 25.5 Å². The zero-order valence-corrected chi connectivity index (χ0v) is 32.8. The van der Waals surface area contributed by atoms with Crippen LogP contribution in [0.15, 0.2) is 48.7 Å². The van der Waals surface area contributed by atoms with Gasteiger partial charge in [0, 0.05) is 60.5 Å². The van der Waals surface area contributed by atoms with Crippen molar-refractivity contribution < 1.29 is 37.1 Å². The molecule has 17 heteroatoms. The highest BCUT2D eigenvalue weighted by Crippen LogP contribution is 2.32. The molecule has 1 saturated carbocycles. The summed E-state index contributed by atoms with van der Waals surface area (Å²) in [6.07, 6.45) is 5.67. The number of amides is 4. The summed E-state index contributed by atoms with van der Waals surface area (Å²) in [6, 6.07) is 10.7.